The van der Waals surface area contributed by atoms with Crippen LogP contribution in [0.15, 0.2) is 23.0 Å². The summed E-state index contributed by atoms with van der Waals surface area (Å²) in [6.07, 6.45) is -1.86. The average Bonchev–Trinajstić information content (AvgIpc) is 2.86. The number of alkyl halides is 3. The minimum Gasteiger partial charge on any atom is -0.338 e. The Hall–Kier alpha value is -2.25. The van der Waals surface area contributed by atoms with Gasteiger partial charge < -0.3 is 4.52 Å². The molecule has 1 atom stereocenters. The Morgan fingerprint density at radius 3 is 2.70 bits per heavy atom. The molecule has 2 aromatic rings. The molecule has 0 N–H and O–H groups in total. The summed E-state index contributed by atoms with van der Waals surface area (Å²) in [5, 5.41) is 3.60. The van der Waals surface area contributed by atoms with Crippen molar-refractivity contribution in [3.05, 3.63) is 29.9 Å². The molecule has 8 heteroatoms. The number of nitrogens with zero attached hydrogens (tertiary/aromatic N) is 3. The summed E-state index contributed by atoms with van der Waals surface area (Å²) in [5.74, 6) is -3.68. The Labute approximate surface area is 111 Å². The van der Waals surface area contributed by atoms with Gasteiger partial charge in [-0.05, 0) is 25.5 Å². The van der Waals surface area contributed by atoms with Crippen LogP contribution in [0, 0.1) is 6.92 Å². The van der Waals surface area contributed by atoms with E-state index in [0.717, 1.165) is 12.5 Å². The highest BCUT2D eigenvalue weighted by Gasteiger charge is 2.44. The van der Waals surface area contributed by atoms with Gasteiger partial charge in [-0.15, -0.1) is 0 Å². The fourth-order valence-electron chi connectivity index (χ4n) is 1.60. The average molecular weight is 285 g/mol. The van der Waals surface area contributed by atoms with Gasteiger partial charge in [-0.2, -0.15) is 18.2 Å². The molecule has 0 aliphatic rings. The van der Waals surface area contributed by atoms with Crippen molar-refractivity contribution in [2.24, 2.45) is 0 Å². The van der Waals surface area contributed by atoms with Crippen LogP contribution in [0.2, 0.25) is 0 Å². The van der Waals surface area contributed by atoms with Crippen LogP contribution in [0.5, 0.6) is 0 Å². The largest absolute Gasteiger partial charge is 0.450 e. The maximum Gasteiger partial charge on any atom is 0.450 e. The summed E-state index contributed by atoms with van der Waals surface area (Å²) >= 11 is 0. The molecule has 0 spiro atoms. The predicted octanol–water partition coefficient (Wildman–Crippen LogP) is 2.67. The van der Waals surface area contributed by atoms with Crippen LogP contribution in [-0.4, -0.2) is 27.1 Å². The molecule has 2 aromatic heterocycles. The Morgan fingerprint density at radius 2 is 2.10 bits per heavy atom. The normalized spacial score (nSPS) is 13.2. The van der Waals surface area contributed by atoms with E-state index in [1.807, 2.05) is 0 Å². The van der Waals surface area contributed by atoms with Gasteiger partial charge in [0, 0.05) is 18.0 Å². The summed E-state index contributed by atoms with van der Waals surface area (Å²) in [5.41, 5.74) is 1.33. The van der Waals surface area contributed by atoms with Crippen molar-refractivity contribution in [2.45, 2.75) is 25.9 Å². The number of aromatic nitrogens is 3. The summed E-state index contributed by atoms with van der Waals surface area (Å²) in [6, 6.07) is 1.61. The fraction of sp³-hybridized carbons (Fsp3) is 0.333. The third-order valence-corrected chi connectivity index (χ3v) is 2.75. The molecule has 0 aromatic carbocycles. The lowest BCUT2D eigenvalue weighted by Crippen LogP contribution is -2.27. The minimum absolute atomic E-state index is 0.127. The van der Waals surface area contributed by atoms with Gasteiger partial charge in [0.05, 0.1) is 0 Å². The lowest BCUT2D eigenvalue weighted by molar-refractivity contribution is -0.172. The Morgan fingerprint density at radius 1 is 1.40 bits per heavy atom. The van der Waals surface area contributed by atoms with Gasteiger partial charge in [0.25, 0.3) is 0 Å². The van der Waals surface area contributed by atoms with Crippen LogP contribution < -0.4 is 0 Å². The number of hydrogen-bond acceptors (Lipinski definition) is 5. The first-order valence-corrected chi connectivity index (χ1v) is 5.66. The highest BCUT2D eigenvalue weighted by atomic mass is 19.4. The van der Waals surface area contributed by atoms with Crippen LogP contribution in [0.25, 0.3) is 11.4 Å². The molecule has 106 valence electrons. The Balaban J connectivity index is 2.30. The van der Waals surface area contributed by atoms with Gasteiger partial charge in [-0.25, -0.2) is 0 Å². The maximum atomic E-state index is 12.3. The zero-order valence-electron chi connectivity index (χ0n) is 10.6. The number of halogens is 3. The van der Waals surface area contributed by atoms with Gasteiger partial charge in [0.2, 0.25) is 17.5 Å². The highest BCUT2D eigenvalue weighted by molar-refractivity contribution is 5.89. The van der Waals surface area contributed by atoms with E-state index in [9.17, 15) is 18.0 Å². The Bertz CT molecular complexity index is 637. The summed E-state index contributed by atoms with van der Waals surface area (Å²) < 4.78 is 41.7. The van der Waals surface area contributed by atoms with E-state index in [-0.39, 0.29) is 11.7 Å². The number of aryl methyl sites for hydroxylation is 1. The van der Waals surface area contributed by atoms with Gasteiger partial charge in [0.15, 0.2) is 0 Å². The van der Waals surface area contributed by atoms with Gasteiger partial charge >= 0.3 is 6.18 Å². The molecule has 0 amide bonds. The molecule has 0 bridgehead atoms. The molecule has 0 saturated heterocycles. The van der Waals surface area contributed by atoms with Crippen molar-refractivity contribution in [1.29, 1.82) is 0 Å². The first-order valence-electron chi connectivity index (χ1n) is 5.66. The number of hydrogen-bond donors (Lipinski definition) is 0. The van der Waals surface area contributed by atoms with E-state index in [2.05, 4.69) is 15.1 Å². The van der Waals surface area contributed by atoms with Gasteiger partial charge in [-0.1, -0.05) is 5.16 Å². The number of rotatable bonds is 3. The lowest BCUT2D eigenvalue weighted by Gasteiger charge is -2.08. The topological polar surface area (TPSA) is 68.9 Å². The molecule has 0 aliphatic carbocycles. The lowest BCUT2D eigenvalue weighted by atomic mass is 10.1. The first-order chi connectivity index (χ1) is 9.30. The summed E-state index contributed by atoms with van der Waals surface area (Å²) in [7, 11) is 0. The molecule has 20 heavy (non-hydrogen) atoms. The third kappa shape index (κ3) is 2.68. The van der Waals surface area contributed by atoms with Crippen molar-refractivity contribution in [1.82, 2.24) is 15.1 Å². The molecule has 0 radical (unpaired) electrons. The zero-order chi connectivity index (χ0) is 14.9. The van der Waals surface area contributed by atoms with Crippen molar-refractivity contribution in [3.8, 4) is 11.4 Å². The van der Waals surface area contributed by atoms with Crippen molar-refractivity contribution >= 4 is 5.78 Å². The van der Waals surface area contributed by atoms with E-state index in [1.54, 1.807) is 19.2 Å². The summed E-state index contributed by atoms with van der Waals surface area (Å²) in [4.78, 5) is 18.8. The standard InChI is InChI=1S/C12H10F3N3O2/c1-6-5-16-4-3-8(6)10-17-11(20-18-10)7(2)9(19)12(13,14)15/h3-5,7H,1-2H3. The second kappa shape index (κ2) is 5.03. The monoisotopic (exact) mass is 285 g/mol. The van der Waals surface area contributed by atoms with Crippen molar-refractivity contribution in [2.75, 3.05) is 0 Å². The van der Waals surface area contributed by atoms with Gasteiger partial charge in [0.1, 0.15) is 5.92 Å². The van der Waals surface area contributed by atoms with Crippen LogP contribution >= 0.6 is 0 Å². The smallest absolute Gasteiger partial charge is 0.338 e. The van der Waals surface area contributed by atoms with E-state index in [4.69, 9.17) is 4.52 Å². The van der Waals surface area contributed by atoms with E-state index in [1.165, 1.54) is 6.20 Å². The van der Waals surface area contributed by atoms with Crippen LogP contribution in [0.4, 0.5) is 13.2 Å². The van der Waals surface area contributed by atoms with Gasteiger partial charge in [-0.3, -0.25) is 9.78 Å². The second-order valence-electron chi connectivity index (χ2n) is 4.23. The molecule has 0 aliphatic heterocycles. The molecular formula is C12H10F3N3O2. The number of Topliss-reactive ketones (excluding diaryl/α,β-unsaturated/α-hetero) is 1. The SMILES string of the molecule is Cc1cnccc1-c1noc(C(C)C(=O)C(F)(F)F)n1. The molecule has 0 fully saturated rings. The van der Waals surface area contributed by atoms with E-state index in [0.29, 0.717) is 5.56 Å². The zero-order valence-corrected chi connectivity index (χ0v) is 10.6. The molecule has 0 saturated carbocycles. The quantitative estimate of drug-likeness (QED) is 0.867. The van der Waals surface area contributed by atoms with Crippen molar-refractivity contribution in [3.63, 3.8) is 0 Å². The number of carbonyl (C=O) groups excluding carboxylic acids is 1. The molecule has 2 heterocycles. The third-order valence-electron chi connectivity index (χ3n) is 2.75. The summed E-state index contributed by atoms with van der Waals surface area (Å²) in [6.45, 7) is 2.83. The number of carbonyl (C=O) groups is 1. The molecule has 5 nitrogen and oxygen atoms in total. The molecule has 2 rings (SSSR count). The van der Waals surface area contributed by atoms with Crippen molar-refractivity contribution < 1.29 is 22.5 Å². The molecule has 1 unspecified atom stereocenters. The number of ketones is 1. The second-order valence-corrected chi connectivity index (χ2v) is 4.23. The van der Waals surface area contributed by atoms with E-state index < -0.39 is 17.9 Å². The fourth-order valence-corrected chi connectivity index (χ4v) is 1.60. The minimum atomic E-state index is -4.93. The number of pyridine rings is 1. The Kier molecular flexibility index (Phi) is 3.56. The van der Waals surface area contributed by atoms with E-state index >= 15 is 0 Å². The maximum absolute atomic E-state index is 12.3. The van der Waals surface area contributed by atoms with Crippen LogP contribution in [0.1, 0.15) is 24.3 Å². The molecular weight excluding hydrogens is 275 g/mol. The van der Waals surface area contributed by atoms with Crippen LogP contribution in [-0.2, 0) is 4.79 Å². The highest BCUT2D eigenvalue weighted by Crippen LogP contribution is 2.28. The van der Waals surface area contributed by atoms with Crippen LogP contribution in [0.3, 0.4) is 0 Å². The predicted molar refractivity (Wildman–Crippen MR) is 61.7 cm³/mol. The first kappa shape index (κ1) is 14.2.